The van der Waals surface area contributed by atoms with Crippen LogP contribution >= 0.6 is 0 Å². The van der Waals surface area contributed by atoms with Crippen LogP contribution in [0.25, 0.3) is 0 Å². The van der Waals surface area contributed by atoms with Crippen LogP contribution in [0.1, 0.15) is 25.3 Å². The molecule has 5 nitrogen and oxygen atoms in total. The van der Waals surface area contributed by atoms with E-state index in [-0.39, 0.29) is 17.7 Å². The molecule has 2 atom stereocenters. The van der Waals surface area contributed by atoms with Crippen molar-refractivity contribution in [2.24, 2.45) is 5.92 Å². The van der Waals surface area contributed by atoms with Crippen molar-refractivity contribution in [3.63, 3.8) is 0 Å². The third kappa shape index (κ3) is 4.08. The first-order valence-electron chi connectivity index (χ1n) is 7.62. The Bertz CT molecular complexity index is 565. The summed E-state index contributed by atoms with van der Waals surface area (Å²) in [5.74, 6) is -0.392. The van der Waals surface area contributed by atoms with Gasteiger partial charge in [0.15, 0.2) is 0 Å². The third-order valence-electron chi connectivity index (χ3n) is 3.88. The number of hydrogen-bond acceptors (Lipinski definition) is 3. The molecular weight excluding hydrogens is 278 g/mol. The van der Waals surface area contributed by atoms with Crippen LogP contribution < -0.4 is 5.32 Å². The van der Waals surface area contributed by atoms with Gasteiger partial charge in [-0.1, -0.05) is 30.3 Å². The molecule has 2 amide bonds. The van der Waals surface area contributed by atoms with Crippen molar-refractivity contribution >= 4 is 11.8 Å². The summed E-state index contributed by atoms with van der Waals surface area (Å²) in [6.07, 6.45) is 1.85. The zero-order valence-corrected chi connectivity index (χ0v) is 12.8. The molecule has 1 aliphatic heterocycles. The fourth-order valence-electron chi connectivity index (χ4n) is 2.63. The van der Waals surface area contributed by atoms with Crippen molar-refractivity contribution in [2.45, 2.75) is 32.2 Å². The van der Waals surface area contributed by atoms with Gasteiger partial charge in [0.2, 0.25) is 11.8 Å². The fraction of sp³-hybridized carbons (Fsp3) is 0.471. The highest BCUT2D eigenvalue weighted by atomic mass is 16.2. The van der Waals surface area contributed by atoms with Crippen LogP contribution in [0.5, 0.6) is 0 Å². The minimum Gasteiger partial charge on any atom is -0.353 e. The van der Waals surface area contributed by atoms with E-state index in [0.717, 1.165) is 12.0 Å². The van der Waals surface area contributed by atoms with Crippen molar-refractivity contribution in [2.75, 3.05) is 13.1 Å². The normalized spacial score (nSPS) is 18.5. The molecule has 1 fully saturated rings. The first-order valence-corrected chi connectivity index (χ1v) is 7.62. The van der Waals surface area contributed by atoms with Crippen molar-refractivity contribution in [3.8, 4) is 6.07 Å². The number of hydrogen-bond donors (Lipinski definition) is 1. The monoisotopic (exact) mass is 299 g/mol. The Balaban J connectivity index is 1.93. The molecule has 1 aromatic carbocycles. The van der Waals surface area contributed by atoms with Gasteiger partial charge in [-0.2, -0.15) is 5.26 Å². The predicted octanol–water partition coefficient (Wildman–Crippen LogP) is 1.50. The van der Waals surface area contributed by atoms with Gasteiger partial charge in [0.05, 0.1) is 18.4 Å². The summed E-state index contributed by atoms with van der Waals surface area (Å²) in [5.41, 5.74) is 0.955. The number of carbonyl (C=O) groups is 2. The van der Waals surface area contributed by atoms with Crippen molar-refractivity contribution in [3.05, 3.63) is 35.9 Å². The third-order valence-corrected chi connectivity index (χ3v) is 3.88. The topological polar surface area (TPSA) is 73.2 Å². The number of amides is 2. The minimum absolute atomic E-state index is 0.0165. The largest absolute Gasteiger partial charge is 0.353 e. The highest BCUT2D eigenvalue weighted by molar-refractivity contribution is 5.89. The highest BCUT2D eigenvalue weighted by Crippen LogP contribution is 2.19. The maximum atomic E-state index is 12.4. The van der Waals surface area contributed by atoms with Gasteiger partial charge in [-0.25, -0.2) is 0 Å². The Kier molecular flexibility index (Phi) is 5.54. The summed E-state index contributed by atoms with van der Waals surface area (Å²) in [5, 5.41) is 11.5. The maximum Gasteiger partial charge on any atom is 0.242 e. The number of benzene rings is 1. The van der Waals surface area contributed by atoms with E-state index < -0.39 is 6.04 Å². The number of likely N-dealkylation sites (tertiary alicyclic amines) is 1. The Morgan fingerprint density at radius 2 is 2.14 bits per heavy atom. The minimum atomic E-state index is -0.401. The first kappa shape index (κ1) is 16.0. The van der Waals surface area contributed by atoms with Crippen LogP contribution in [0.3, 0.4) is 0 Å². The summed E-state index contributed by atoms with van der Waals surface area (Å²) in [7, 11) is 0. The fourth-order valence-corrected chi connectivity index (χ4v) is 2.63. The molecule has 0 bridgehead atoms. The average Bonchev–Trinajstić information content (AvgIpc) is 3.03. The molecule has 116 valence electrons. The highest BCUT2D eigenvalue weighted by Gasteiger charge is 2.33. The maximum absolute atomic E-state index is 12.4. The molecule has 5 heteroatoms. The predicted molar refractivity (Wildman–Crippen MR) is 82.7 cm³/mol. The molecule has 0 aromatic heterocycles. The molecule has 1 saturated heterocycles. The van der Waals surface area contributed by atoms with Crippen molar-refractivity contribution < 1.29 is 9.59 Å². The lowest BCUT2D eigenvalue weighted by atomic mass is 10.1. The molecular formula is C17H21N3O2. The summed E-state index contributed by atoms with van der Waals surface area (Å²) in [6.45, 7) is 2.71. The molecule has 1 aliphatic rings. The van der Waals surface area contributed by atoms with Gasteiger partial charge in [0.25, 0.3) is 0 Å². The molecule has 0 unspecified atom stereocenters. The lowest BCUT2D eigenvalue weighted by Crippen LogP contribution is -2.47. The van der Waals surface area contributed by atoms with E-state index >= 15 is 0 Å². The SMILES string of the molecule is C[C@H](C#N)CNC(=O)[C@H]1CCCN1C(=O)Cc1ccccc1. The van der Waals surface area contributed by atoms with Crippen LogP contribution in [0.2, 0.25) is 0 Å². The van der Waals surface area contributed by atoms with Gasteiger partial charge < -0.3 is 10.2 Å². The molecule has 1 aromatic rings. The smallest absolute Gasteiger partial charge is 0.242 e. The summed E-state index contributed by atoms with van der Waals surface area (Å²) < 4.78 is 0. The van der Waals surface area contributed by atoms with Gasteiger partial charge >= 0.3 is 0 Å². The number of rotatable bonds is 5. The Morgan fingerprint density at radius 1 is 1.41 bits per heavy atom. The average molecular weight is 299 g/mol. The van der Waals surface area contributed by atoms with Crippen LogP contribution in [0, 0.1) is 17.2 Å². The Morgan fingerprint density at radius 3 is 2.82 bits per heavy atom. The molecule has 1 heterocycles. The molecule has 2 rings (SSSR count). The van der Waals surface area contributed by atoms with Crippen LogP contribution in [0.15, 0.2) is 30.3 Å². The van der Waals surface area contributed by atoms with Gasteiger partial charge in [0.1, 0.15) is 6.04 Å². The zero-order chi connectivity index (χ0) is 15.9. The lowest BCUT2D eigenvalue weighted by molar-refractivity contribution is -0.138. The number of nitrogens with one attached hydrogen (secondary N) is 1. The first-order chi connectivity index (χ1) is 10.6. The van der Waals surface area contributed by atoms with Crippen molar-refractivity contribution in [1.29, 1.82) is 5.26 Å². The molecule has 0 aliphatic carbocycles. The van der Waals surface area contributed by atoms with E-state index in [1.807, 2.05) is 30.3 Å². The van der Waals surface area contributed by atoms with Crippen LogP contribution in [0.4, 0.5) is 0 Å². The molecule has 22 heavy (non-hydrogen) atoms. The molecule has 1 N–H and O–H groups in total. The Hall–Kier alpha value is -2.35. The molecule has 0 saturated carbocycles. The van der Waals surface area contributed by atoms with E-state index in [9.17, 15) is 9.59 Å². The summed E-state index contributed by atoms with van der Waals surface area (Å²) >= 11 is 0. The second-order valence-corrected chi connectivity index (χ2v) is 5.68. The van der Waals surface area contributed by atoms with Crippen molar-refractivity contribution in [1.82, 2.24) is 10.2 Å². The van der Waals surface area contributed by atoms with E-state index in [1.165, 1.54) is 0 Å². The van der Waals surface area contributed by atoms with E-state index in [4.69, 9.17) is 5.26 Å². The van der Waals surface area contributed by atoms with Crippen LogP contribution in [-0.4, -0.2) is 35.8 Å². The molecule has 0 spiro atoms. The van der Waals surface area contributed by atoms with Gasteiger partial charge in [0, 0.05) is 13.1 Å². The Labute approximate surface area is 130 Å². The van der Waals surface area contributed by atoms with Gasteiger partial charge in [-0.05, 0) is 25.3 Å². The lowest BCUT2D eigenvalue weighted by Gasteiger charge is -2.24. The zero-order valence-electron chi connectivity index (χ0n) is 12.8. The quantitative estimate of drug-likeness (QED) is 0.895. The van der Waals surface area contributed by atoms with Gasteiger partial charge in [-0.15, -0.1) is 0 Å². The molecule has 0 radical (unpaired) electrons. The van der Waals surface area contributed by atoms with Crippen LogP contribution in [-0.2, 0) is 16.0 Å². The standard InChI is InChI=1S/C17H21N3O2/c1-13(11-18)12-19-17(22)15-8-5-9-20(15)16(21)10-14-6-3-2-4-7-14/h2-4,6-7,13,15H,5,8-10,12H2,1H3,(H,19,22)/t13-,15-/m1/s1. The second-order valence-electron chi connectivity index (χ2n) is 5.68. The van der Waals surface area contributed by atoms with E-state index in [1.54, 1.807) is 11.8 Å². The van der Waals surface area contributed by atoms with Gasteiger partial charge in [-0.3, -0.25) is 9.59 Å². The van der Waals surface area contributed by atoms with E-state index in [0.29, 0.717) is 25.9 Å². The number of nitrogens with zero attached hydrogens (tertiary/aromatic N) is 2. The number of carbonyl (C=O) groups excluding carboxylic acids is 2. The summed E-state index contributed by atoms with van der Waals surface area (Å²) in [6, 6.07) is 11.2. The number of nitriles is 1. The van der Waals surface area contributed by atoms with E-state index in [2.05, 4.69) is 11.4 Å². The summed E-state index contributed by atoms with van der Waals surface area (Å²) in [4.78, 5) is 26.3. The second kappa shape index (κ2) is 7.60.